The lowest BCUT2D eigenvalue weighted by molar-refractivity contribution is 0.169. The first-order chi connectivity index (χ1) is 8.27. The number of hydrogen-bond donors (Lipinski definition) is 2. The summed E-state index contributed by atoms with van der Waals surface area (Å²) in [4.78, 5) is 0. The molecule has 4 nitrogen and oxygen atoms in total. The highest BCUT2D eigenvalue weighted by atomic mass is 79.9. The first-order valence-corrected chi connectivity index (χ1v) is 6.61. The van der Waals surface area contributed by atoms with E-state index in [1.807, 2.05) is 6.07 Å². The lowest BCUT2D eigenvalue weighted by Crippen LogP contribution is -2.18. The fourth-order valence-electron chi connectivity index (χ4n) is 2.37. The minimum absolute atomic E-state index is 0.210. The number of rotatable bonds is 1. The standard InChI is InChI=1S/C12H14BrNO3/c13-10-11(15)7(8-2-1-3-14-8)6-9-12(10)17-5-4-16-9/h6,8,14-15H,1-5H2. The van der Waals surface area contributed by atoms with Crippen LogP contribution in [0.4, 0.5) is 0 Å². The number of hydrogen-bond acceptors (Lipinski definition) is 4. The van der Waals surface area contributed by atoms with Crippen molar-refractivity contribution in [1.82, 2.24) is 5.32 Å². The highest BCUT2D eigenvalue weighted by Crippen LogP contribution is 2.47. The van der Waals surface area contributed by atoms with Crippen LogP contribution in [-0.4, -0.2) is 24.9 Å². The number of halogens is 1. The number of phenols is 1. The van der Waals surface area contributed by atoms with Gasteiger partial charge in [-0.3, -0.25) is 0 Å². The van der Waals surface area contributed by atoms with E-state index in [9.17, 15) is 5.11 Å². The van der Waals surface area contributed by atoms with E-state index < -0.39 is 0 Å². The Morgan fingerprint density at radius 3 is 2.94 bits per heavy atom. The lowest BCUT2D eigenvalue weighted by Gasteiger charge is -2.23. The highest BCUT2D eigenvalue weighted by molar-refractivity contribution is 9.10. The van der Waals surface area contributed by atoms with Gasteiger partial charge < -0.3 is 19.9 Å². The van der Waals surface area contributed by atoms with Gasteiger partial charge in [0, 0.05) is 11.6 Å². The van der Waals surface area contributed by atoms with Gasteiger partial charge in [-0.2, -0.15) is 0 Å². The molecule has 1 aromatic rings. The van der Waals surface area contributed by atoms with Crippen LogP contribution < -0.4 is 14.8 Å². The van der Waals surface area contributed by atoms with Crippen LogP contribution in [0.1, 0.15) is 24.4 Å². The second-order valence-corrected chi connectivity index (χ2v) is 5.09. The highest BCUT2D eigenvalue weighted by Gasteiger charge is 2.26. The topological polar surface area (TPSA) is 50.7 Å². The molecule has 17 heavy (non-hydrogen) atoms. The van der Waals surface area contributed by atoms with Crippen molar-refractivity contribution in [2.24, 2.45) is 0 Å². The quantitative estimate of drug-likeness (QED) is 0.836. The molecule has 1 unspecified atom stereocenters. The second-order valence-electron chi connectivity index (χ2n) is 4.30. The van der Waals surface area contributed by atoms with Crippen molar-refractivity contribution in [3.05, 3.63) is 16.1 Å². The first kappa shape index (κ1) is 11.2. The molecule has 5 heteroatoms. The number of benzene rings is 1. The van der Waals surface area contributed by atoms with Crippen LogP contribution in [0, 0.1) is 0 Å². The molecular weight excluding hydrogens is 286 g/mol. The molecule has 92 valence electrons. The molecule has 0 saturated carbocycles. The molecule has 3 rings (SSSR count). The van der Waals surface area contributed by atoms with E-state index in [-0.39, 0.29) is 11.8 Å². The van der Waals surface area contributed by atoms with Crippen molar-refractivity contribution in [2.45, 2.75) is 18.9 Å². The third-order valence-corrected chi connectivity index (χ3v) is 3.95. The van der Waals surface area contributed by atoms with Gasteiger partial charge in [0.2, 0.25) is 0 Å². The van der Waals surface area contributed by atoms with Gasteiger partial charge in [0.1, 0.15) is 23.4 Å². The zero-order valence-corrected chi connectivity index (χ0v) is 10.9. The Kier molecular flexibility index (Phi) is 2.88. The van der Waals surface area contributed by atoms with Crippen LogP contribution >= 0.6 is 15.9 Å². The first-order valence-electron chi connectivity index (χ1n) is 5.81. The predicted molar refractivity (Wildman–Crippen MR) is 66.8 cm³/mol. The molecule has 1 saturated heterocycles. The Labute approximate surface area is 108 Å². The van der Waals surface area contributed by atoms with Gasteiger partial charge in [-0.05, 0) is 41.4 Å². The van der Waals surface area contributed by atoms with Crippen molar-refractivity contribution >= 4 is 15.9 Å². The number of fused-ring (bicyclic) bond motifs is 1. The van der Waals surface area contributed by atoms with E-state index in [2.05, 4.69) is 21.2 Å². The zero-order chi connectivity index (χ0) is 11.8. The van der Waals surface area contributed by atoms with E-state index in [1.54, 1.807) is 0 Å². The van der Waals surface area contributed by atoms with Gasteiger partial charge in [0.05, 0.1) is 0 Å². The molecule has 0 bridgehead atoms. The molecule has 1 atom stereocenters. The summed E-state index contributed by atoms with van der Waals surface area (Å²) in [5.41, 5.74) is 0.888. The summed E-state index contributed by atoms with van der Waals surface area (Å²) in [5.74, 6) is 1.58. The summed E-state index contributed by atoms with van der Waals surface area (Å²) in [6.07, 6.45) is 2.18. The van der Waals surface area contributed by atoms with Crippen LogP contribution in [-0.2, 0) is 0 Å². The Bertz CT molecular complexity index is 444. The van der Waals surface area contributed by atoms with E-state index in [0.29, 0.717) is 29.2 Å². The van der Waals surface area contributed by atoms with E-state index in [1.165, 1.54) is 0 Å². The van der Waals surface area contributed by atoms with Crippen molar-refractivity contribution in [3.63, 3.8) is 0 Å². The fraction of sp³-hybridized carbons (Fsp3) is 0.500. The molecule has 2 aliphatic rings. The molecule has 0 amide bonds. The molecule has 1 aromatic carbocycles. The summed E-state index contributed by atoms with van der Waals surface area (Å²) in [7, 11) is 0. The minimum Gasteiger partial charge on any atom is -0.506 e. The third kappa shape index (κ3) is 1.87. The van der Waals surface area contributed by atoms with Crippen molar-refractivity contribution in [3.8, 4) is 17.2 Å². The summed E-state index contributed by atoms with van der Waals surface area (Å²) in [6.45, 7) is 2.07. The van der Waals surface area contributed by atoms with Crippen LogP contribution in [0.5, 0.6) is 17.2 Å². The fourth-order valence-corrected chi connectivity index (χ4v) is 2.91. The minimum atomic E-state index is 0.210. The SMILES string of the molecule is Oc1c(C2CCCN2)cc2c(c1Br)OCCO2. The van der Waals surface area contributed by atoms with Crippen LogP contribution in [0.15, 0.2) is 10.5 Å². The molecular formula is C12H14BrNO3. The maximum Gasteiger partial charge on any atom is 0.179 e. The summed E-state index contributed by atoms with van der Waals surface area (Å²) in [6, 6.07) is 2.10. The van der Waals surface area contributed by atoms with Gasteiger partial charge in [-0.15, -0.1) is 0 Å². The Hall–Kier alpha value is -0.940. The largest absolute Gasteiger partial charge is 0.506 e. The number of nitrogens with one attached hydrogen (secondary N) is 1. The van der Waals surface area contributed by atoms with E-state index >= 15 is 0 Å². The molecule has 0 spiro atoms. The zero-order valence-electron chi connectivity index (χ0n) is 9.33. The van der Waals surface area contributed by atoms with Crippen LogP contribution in [0.3, 0.4) is 0 Å². The van der Waals surface area contributed by atoms with Crippen LogP contribution in [0.25, 0.3) is 0 Å². The monoisotopic (exact) mass is 299 g/mol. The molecule has 2 heterocycles. The Morgan fingerprint density at radius 2 is 2.18 bits per heavy atom. The molecule has 2 aliphatic heterocycles. The number of aromatic hydroxyl groups is 1. The number of phenolic OH excluding ortho intramolecular Hbond substituents is 1. The van der Waals surface area contributed by atoms with Gasteiger partial charge in [0.25, 0.3) is 0 Å². The molecule has 0 aliphatic carbocycles. The second kappa shape index (κ2) is 4.38. The van der Waals surface area contributed by atoms with E-state index in [0.717, 1.165) is 24.9 Å². The third-order valence-electron chi connectivity index (χ3n) is 3.21. The van der Waals surface area contributed by atoms with Crippen molar-refractivity contribution in [1.29, 1.82) is 0 Å². The molecule has 0 aromatic heterocycles. The molecule has 0 radical (unpaired) electrons. The number of ether oxygens (including phenoxy) is 2. The van der Waals surface area contributed by atoms with E-state index in [4.69, 9.17) is 9.47 Å². The van der Waals surface area contributed by atoms with Crippen LogP contribution in [0.2, 0.25) is 0 Å². The summed E-state index contributed by atoms with van der Waals surface area (Å²) in [5, 5.41) is 13.6. The summed E-state index contributed by atoms with van der Waals surface area (Å²) >= 11 is 3.38. The summed E-state index contributed by atoms with van der Waals surface area (Å²) < 4.78 is 11.7. The average Bonchev–Trinajstić information content (AvgIpc) is 2.87. The van der Waals surface area contributed by atoms with Gasteiger partial charge in [-0.1, -0.05) is 0 Å². The lowest BCUT2D eigenvalue weighted by atomic mass is 10.0. The maximum absolute atomic E-state index is 10.2. The van der Waals surface area contributed by atoms with Crippen molar-refractivity contribution in [2.75, 3.05) is 19.8 Å². The normalized spacial score (nSPS) is 22.8. The van der Waals surface area contributed by atoms with Crippen molar-refractivity contribution < 1.29 is 14.6 Å². The average molecular weight is 300 g/mol. The Balaban J connectivity index is 2.06. The maximum atomic E-state index is 10.2. The molecule has 2 N–H and O–H groups in total. The predicted octanol–water partition coefficient (Wildman–Crippen LogP) is 2.35. The Morgan fingerprint density at radius 1 is 1.35 bits per heavy atom. The van der Waals surface area contributed by atoms with Gasteiger partial charge in [-0.25, -0.2) is 0 Å². The van der Waals surface area contributed by atoms with Gasteiger partial charge >= 0.3 is 0 Å². The van der Waals surface area contributed by atoms with Gasteiger partial charge in [0.15, 0.2) is 11.5 Å². The molecule has 1 fully saturated rings. The smallest absolute Gasteiger partial charge is 0.179 e.